The summed E-state index contributed by atoms with van der Waals surface area (Å²) in [6, 6.07) is 9.72. The van der Waals surface area contributed by atoms with Crippen molar-refractivity contribution in [2.24, 2.45) is 0 Å². The molecule has 0 spiro atoms. The Morgan fingerprint density at radius 3 is 2.71 bits per heavy atom. The summed E-state index contributed by atoms with van der Waals surface area (Å²) >= 11 is 0. The fourth-order valence-corrected chi connectivity index (χ4v) is 3.48. The molecule has 2 heterocycles. The molecule has 0 amide bonds. The summed E-state index contributed by atoms with van der Waals surface area (Å²) in [5.41, 5.74) is 6.31. The second-order valence-electron chi connectivity index (χ2n) is 7.27. The van der Waals surface area contributed by atoms with E-state index in [1.165, 1.54) is 12.1 Å². The molecule has 1 fully saturated rings. The van der Waals surface area contributed by atoms with E-state index in [1.807, 2.05) is 12.1 Å². The summed E-state index contributed by atoms with van der Waals surface area (Å²) in [5.74, 6) is 1.56. The Kier molecular flexibility index (Phi) is 6.69. The molecule has 1 aliphatic rings. The third-order valence-corrected chi connectivity index (χ3v) is 5.17. The zero-order valence-corrected chi connectivity index (χ0v) is 17.5. The summed E-state index contributed by atoms with van der Waals surface area (Å²) in [4.78, 5) is 6.79. The van der Waals surface area contributed by atoms with E-state index in [9.17, 15) is 4.39 Å². The van der Waals surface area contributed by atoms with E-state index in [4.69, 9.17) is 24.7 Å². The number of nitrogens with zero attached hydrogens (tertiary/aromatic N) is 2. The molecule has 4 rings (SSSR count). The number of ether oxygens (including phenoxy) is 4. The van der Waals surface area contributed by atoms with E-state index in [1.54, 1.807) is 25.4 Å². The average Bonchev–Trinajstić information content (AvgIpc) is 2.79. The van der Waals surface area contributed by atoms with Gasteiger partial charge in [0, 0.05) is 43.4 Å². The van der Waals surface area contributed by atoms with Crippen LogP contribution in [0.1, 0.15) is 6.42 Å². The van der Waals surface area contributed by atoms with Gasteiger partial charge < -0.3 is 24.7 Å². The van der Waals surface area contributed by atoms with Crippen LogP contribution < -0.4 is 19.9 Å². The van der Waals surface area contributed by atoms with E-state index in [0.717, 1.165) is 44.7 Å². The molecule has 2 N–H and O–H groups in total. The number of anilines is 1. The number of nitrogen functional groups attached to an aromatic ring is 1. The SMILES string of the molecule is COc1cc2c(Oc3ccc(N)c(F)c3)ccnc2cc1OCCCN1CCOCC1. The summed E-state index contributed by atoms with van der Waals surface area (Å²) in [6.45, 7) is 5.04. The lowest BCUT2D eigenvalue weighted by molar-refractivity contribution is 0.0357. The van der Waals surface area contributed by atoms with Crippen LogP contribution in [0.5, 0.6) is 23.0 Å². The Balaban J connectivity index is 1.48. The minimum Gasteiger partial charge on any atom is -0.493 e. The molecule has 0 atom stereocenters. The molecule has 0 unspecified atom stereocenters. The molecule has 0 radical (unpaired) electrons. The third kappa shape index (κ3) is 5.15. The summed E-state index contributed by atoms with van der Waals surface area (Å²) in [5, 5.41) is 0.734. The minimum absolute atomic E-state index is 0.0732. The maximum absolute atomic E-state index is 13.8. The smallest absolute Gasteiger partial charge is 0.163 e. The molecule has 1 aliphatic heterocycles. The normalized spacial score (nSPS) is 14.5. The van der Waals surface area contributed by atoms with Crippen LogP contribution in [0.15, 0.2) is 42.6 Å². The molecule has 8 heteroatoms. The highest BCUT2D eigenvalue weighted by Crippen LogP contribution is 2.37. The van der Waals surface area contributed by atoms with Crippen molar-refractivity contribution in [3.8, 4) is 23.0 Å². The number of rotatable bonds is 8. The number of hydrogen-bond acceptors (Lipinski definition) is 7. The Labute approximate surface area is 180 Å². The lowest BCUT2D eigenvalue weighted by atomic mass is 10.1. The van der Waals surface area contributed by atoms with E-state index in [2.05, 4.69) is 9.88 Å². The number of aromatic nitrogens is 1. The Bertz CT molecular complexity index is 1040. The maximum Gasteiger partial charge on any atom is 0.163 e. The topological polar surface area (TPSA) is 79.1 Å². The van der Waals surface area contributed by atoms with E-state index < -0.39 is 5.82 Å². The van der Waals surface area contributed by atoms with Crippen LogP contribution in [0.3, 0.4) is 0 Å². The molecule has 2 aromatic carbocycles. The van der Waals surface area contributed by atoms with Crippen LogP contribution in [-0.2, 0) is 4.74 Å². The minimum atomic E-state index is -0.527. The van der Waals surface area contributed by atoms with Crippen LogP contribution in [0.25, 0.3) is 10.9 Å². The molecule has 0 saturated carbocycles. The van der Waals surface area contributed by atoms with Gasteiger partial charge in [-0.2, -0.15) is 0 Å². The predicted molar refractivity (Wildman–Crippen MR) is 117 cm³/mol. The van der Waals surface area contributed by atoms with Gasteiger partial charge in [-0.05, 0) is 30.7 Å². The van der Waals surface area contributed by atoms with Crippen molar-refractivity contribution in [2.75, 3.05) is 52.3 Å². The fraction of sp³-hybridized carbons (Fsp3) is 0.348. The molecule has 0 bridgehead atoms. The molecule has 31 heavy (non-hydrogen) atoms. The predicted octanol–water partition coefficient (Wildman–Crippen LogP) is 3.86. The quantitative estimate of drug-likeness (QED) is 0.432. The van der Waals surface area contributed by atoms with E-state index >= 15 is 0 Å². The first-order chi connectivity index (χ1) is 15.1. The maximum atomic E-state index is 13.8. The summed E-state index contributed by atoms with van der Waals surface area (Å²) < 4.78 is 36.5. The van der Waals surface area contributed by atoms with Crippen molar-refractivity contribution in [1.82, 2.24) is 9.88 Å². The van der Waals surface area contributed by atoms with E-state index in [0.29, 0.717) is 35.1 Å². The summed E-state index contributed by atoms with van der Waals surface area (Å²) in [7, 11) is 1.59. The highest BCUT2D eigenvalue weighted by molar-refractivity contribution is 5.88. The molecule has 7 nitrogen and oxygen atoms in total. The number of methoxy groups -OCH3 is 1. The van der Waals surface area contributed by atoms with Crippen LogP contribution in [-0.4, -0.2) is 56.4 Å². The Morgan fingerprint density at radius 2 is 1.94 bits per heavy atom. The number of hydrogen-bond donors (Lipinski definition) is 1. The molecule has 1 saturated heterocycles. The van der Waals surface area contributed by atoms with Gasteiger partial charge in [0.05, 0.1) is 38.1 Å². The monoisotopic (exact) mass is 427 g/mol. The number of fused-ring (bicyclic) bond motifs is 1. The Hall–Kier alpha value is -3.10. The first-order valence-corrected chi connectivity index (χ1v) is 10.3. The first-order valence-electron chi connectivity index (χ1n) is 10.3. The van der Waals surface area contributed by atoms with Gasteiger partial charge in [-0.25, -0.2) is 4.39 Å². The standard InChI is InChI=1S/C23H26FN3O4/c1-28-22-14-17-20(15-23(22)30-10-2-7-27-8-11-29-12-9-27)26-6-5-21(17)31-16-3-4-19(25)18(24)13-16/h3-6,13-15H,2,7-12,25H2,1H3. The molecule has 1 aromatic heterocycles. The fourth-order valence-electron chi connectivity index (χ4n) is 3.48. The van der Waals surface area contributed by atoms with Gasteiger partial charge in [0.1, 0.15) is 17.3 Å². The van der Waals surface area contributed by atoms with Gasteiger partial charge >= 0.3 is 0 Å². The second kappa shape index (κ2) is 9.80. The van der Waals surface area contributed by atoms with E-state index in [-0.39, 0.29) is 5.69 Å². The number of halogens is 1. The highest BCUT2D eigenvalue weighted by atomic mass is 19.1. The van der Waals surface area contributed by atoms with Crippen molar-refractivity contribution in [3.63, 3.8) is 0 Å². The average molecular weight is 427 g/mol. The van der Waals surface area contributed by atoms with Crippen molar-refractivity contribution >= 4 is 16.6 Å². The van der Waals surface area contributed by atoms with Gasteiger partial charge in [-0.1, -0.05) is 0 Å². The van der Waals surface area contributed by atoms with Gasteiger partial charge in [-0.3, -0.25) is 9.88 Å². The van der Waals surface area contributed by atoms with Gasteiger partial charge in [0.2, 0.25) is 0 Å². The van der Waals surface area contributed by atoms with Crippen LogP contribution in [0, 0.1) is 5.82 Å². The van der Waals surface area contributed by atoms with Crippen molar-refractivity contribution in [1.29, 1.82) is 0 Å². The molecule has 3 aromatic rings. The number of pyridine rings is 1. The zero-order chi connectivity index (χ0) is 21.6. The van der Waals surface area contributed by atoms with Crippen LogP contribution >= 0.6 is 0 Å². The lowest BCUT2D eigenvalue weighted by Crippen LogP contribution is -2.37. The number of nitrogens with two attached hydrogens (primary N) is 1. The summed E-state index contributed by atoms with van der Waals surface area (Å²) in [6.07, 6.45) is 2.54. The number of benzene rings is 2. The van der Waals surface area contributed by atoms with Gasteiger partial charge in [0.15, 0.2) is 11.5 Å². The lowest BCUT2D eigenvalue weighted by Gasteiger charge is -2.26. The number of morpholine rings is 1. The highest BCUT2D eigenvalue weighted by Gasteiger charge is 2.14. The van der Waals surface area contributed by atoms with Gasteiger partial charge in [-0.15, -0.1) is 0 Å². The van der Waals surface area contributed by atoms with Crippen molar-refractivity contribution in [3.05, 3.63) is 48.4 Å². The Morgan fingerprint density at radius 1 is 1.10 bits per heavy atom. The third-order valence-electron chi connectivity index (χ3n) is 5.17. The van der Waals surface area contributed by atoms with Gasteiger partial charge in [0.25, 0.3) is 0 Å². The molecule has 164 valence electrons. The molecular formula is C23H26FN3O4. The largest absolute Gasteiger partial charge is 0.493 e. The van der Waals surface area contributed by atoms with Crippen LogP contribution in [0.4, 0.5) is 10.1 Å². The van der Waals surface area contributed by atoms with Crippen LogP contribution in [0.2, 0.25) is 0 Å². The molecular weight excluding hydrogens is 401 g/mol. The first kappa shape index (κ1) is 21.1. The van der Waals surface area contributed by atoms with Crippen molar-refractivity contribution < 1.29 is 23.3 Å². The second-order valence-corrected chi connectivity index (χ2v) is 7.27. The molecule has 0 aliphatic carbocycles. The van der Waals surface area contributed by atoms with Crippen molar-refractivity contribution in [2.45, 2.75) is 6.42 Å². The zero-order valence-electron chi connectivity index (χ0n) is 17.5.